The Hall–Kier alpha value is -5.67. The number of para-hydroxylation sites is 2. The molecule has 3 heteroatoms. The molecule has 0 saturated carbocycles. The Morgan fingerprint density at radius 1 is 0.630 bits per heavy atom. The molecule has 218 valence electrons. The van der Waals surface area contributed by atoms with E-state index in [1.54, 1.807) is 0 Å². The summed E-state index contributed by atoms with van der Waals surface area (Å²) in [7, 11) is 0. The van der Waals surface area contributed by atoms with Crippen LogP contribution in [0.25, 0.3) is 54.5 Å². The lowest BCUT2D eigenvalue weighted by atomic mass is 9.80. The molecule has 7 aromatic carbocycles. The van der Waals surface area contributed by atoms with Gasteiger partial charge >= 0.3 is 0 Å². The molecule has 46 heavy (non-hydrogen) atoms. The highest BCUT2D eigenvalue weighted by Gasteiger charge is 2.40. The molecule has 0 radical (unpaired) electrons. The second kappa shape index (κ2) is 9.18. The predicted molar refractivity (Wildman–Crippen MR) is 193 cm³/mol. The molecule has 3 nitrogen and oxygen atoms in total. The van der Waals surface area contributed by atoms with Gasteiger partial charge in [0.05, 0.1) is 16.7 Å². The number of nitrogens with zero attached hydrogens (tertiary/aromatic N) is 2. The third-order valence-corrected chi connectivity index (χ3v) is 10.3. The molecular weight excluding hydrogens is 558 g/mol. The lowest BCUT2D eigenvalue weighted by Crippen LogP contribution is -2.26. The molecule has 8 aromatic rings. The molecule has 1 aliphatic carbocycles. The number of nitrogens with one attached hydrogen (secondary N) is 1. The molecule has 0 amide bonds. The van der Waals surface area contributed by atoms with Gasteiger partial charge in [-0.2, -0.15) is 0 Å². The van der Waals surface area contributed by atoms with Crippen molar-refractivity contribution in [2.75, 3.05) is 5.32 Å². The lowest BCUT2D eigenvalue weighted by Gasteiger charge is -2.30. The summed E-state index contributed by atoms with van der Waals surface area (Å²) in [6, 6.07) is 50.7. The number of hydrogen-bond donors (Lipinski definition) is 1. The second-order valence-electron chi connectivity index (χ2n) is 13.2. The molecule has 2 aliphatic rings. The summed E-state index contributed by atoms with van der Waals surface area (Å²) in [5.74, 6) is 0. The van der Waals surface area contributed by atoms with Gasteiger partial charge in [-0.05, 0) is 62.0 Å². The topological polar surface area (TPSA) is 29.3 Å². The van der Waals surface area contributed by atoms with Crippen molar-refractivity contribution in [3.8, 4) is 11.1 Å². The van der Waals surface area contributed by atoms with Gasteiger partial charge in [0.2, 0.25) is 6.29 Å². The summed E-state index contributed by atoms with van der Waals surface area (Å²) < 4.78 is 2.49. The van der Waals surface area contributed by atoms with E-state index in [2.05, 4.69) is 163 Å². The van der Waals surface area contributed by atoms with Crippen LogP contribution in [0.4, 0.5) is 5.69 Å². The van der Waals surface area contributed by atoms with Crippen molar-refractivity contribution in [3.63, 3.8) is 0 Å². The quantitative estimate of drug-likeness (QED) is 0.214. The summed E-state index contributed by atoms with van der Waals surface area (Å²) in [5.41, 5.74) is 12.0. The van der Waals surface area contributed by atoms with E-state index in [-0.39, 0.29) is 11.7 Å². The Morgan fingerprint density at radius 3 is 2.17 bits per heavy atom. The lowest BCUT2D eigenvalue weighted by molar-refractivity contribution is 0.611. The number of benzene rings is 7. The zero-order valence-electron chi connectivity index (χ0n) is 25.8. The average molecular weight is 590 g/mol. The highest BCUT2D eigenvalue weighted by molar-refractivity contribution is 6.26. The zero-order chi connectivity index (χ0) is 30.6. The van der Waals surface area contributed by atoms with Crippen LogP contribution >= 0.6 is 0 Å². The van der Waals surface area contributed by atoms with E-state index in [0.29, 0.717) is 0 Å². The highest BCUT2D eigenvalue weighted by atomic mass is 15.3. The molecule has 1 aliphatic heterocycles. The summed E-state index contributed by atoms with van der Waals surface area (Å²) in [4.78, 5) is 5.61. The van der Waals surface area contributed by atoms with E-state index in [1.165, 1.54) is 65.6 Å². The fraction of sp³-hybridized carbons (Fsp3) is 0.0930. The van der Waals surface area contributed by atoms with Crippen LogP contribution in [0.2, 0.25) is 0 Å². The van der Waals surface area contributed by atoms with E-state index in [1.807, 2.05) is 0 Å². The molecule has 10 rings (SSSR count). The first-order chi connectivity index (χ1) is 22.6. The smallest absolute Gasteiger partial charge is 0.201 e. The molecule has 1 atom stereocenters. The van der Waals surface area contributed by atoms with Crippen LogP contribution in [0, 0.1) is 0 Å². The first-order valence-corrected chi connectivity index (χ1v) is 16.1. The van der Waals surface area contributed by atoms with Crippen LogP contribution < -0.4 is 5.32 Å². The molecule has 2 heterocycles. The number of rotatable bonds is 2. The molecule has 1 unspecified atom stereocenters. The Balaban J connectivity index is 1.34. The maximum Gasteiger partial charge on any atom is 0.201 e. The van der Waals surface area contributed by atoms with Gasteiger partial charge < -0.3 is 9.88 Å². The van der Waals surface area contributed by atoms with Crippen molar-refractivity contribution in [3.05, 3.63) is 162 Å². The number of anilines is 1. The van der Waals surface area contributed by atoms with Gasteiger partial charge in [0, 0.05) is 33.0 Å². The number of aliphatic imine (C=N–C) groups is 1. The fourth-order valence-corrected chi connectivity index (χ4v) is 8.34. The standard InChI is InChI=1S/C43H31N3/c1-43(2)34-20-10-7-17-31(34)37-29-15-5-6-16-30(29)38-33-19-9-12-22-36(33)46(41(38)39(37)43)42-44-35-21-11-8-18-32(35)40(45-42)28-24-23-26-13-3-4-14-27(26)25-28/h3-25,42,44H,1-2H3. The van der Waals surface area contributed by atoms with Gasteiger partial charge in [-0.15, -0.1) is 0 Å². The monoisotopic (exact) mass is 589 g/mol. The second-order valence-corrected chi connectivity index (χ2v) is 13.2. The Kier molecular flexibility index (Phi) is 5.12. The van der Waals surface area contributed by atoms with Crippen molar-refractivity contribution in [1.82, 2.24) is 4.57 Å². The molecule has 1 N–H and O–H groups in total. The average Bonchev–Trinajstić information content (AvgIpc) is 3.57. The normalized spacial score (nSPS) is 16.3. The van der Waals surface area contributed by atoms with Crippen molar-refractivity contribution < 1.29 is 0 Å². The van der Waals surface area contributed by atoms with E-state index in [9.17, 15) is 0 Å². The predicted octanol–water partition coefficient (Wildman–Crippen LogP) is 10.8. The number of aromatic nitrogens is 1. The highest BCUT2D eigenvalue weighted by Crippen LogP contribution is 2.56. The largest absolute Gasteiger partial charge is 0.346 e. The molecule has 0 fully saturated rings. The molecule has 0 spiro atoms. The van der Waals surface area contributed by atoms with Crippen molar-refractivity contribution in [2.24, 2.45) is 4.99 Å². The van der Waals surface area contributed by atoms with E-state index in [0.717, 1.165) is 22.5 Å². The minimum absolute atomic E-state index is 0.197. The van der Waals surface area contributed by atoms with E-state index >= 15 is 0 Å². The van der Waals surface area contributed by atoms with Crippen LogP contribution in [0.1, 0.15) is 42.4 Å². The van der Waals surface area contributed by atoms with Gasteiger partial charge in [-0.1, -0.05) is 135 Å². The number of hydrogen-bond acceptors (Lipinski definition) is 2. The third kappa shape index (κ3) is 3.35. The molecule has 1 aromatic heterocycles. The maximum atomic E-state index is 5.61. The molecular formula is C43H31N3. The van der Waals surface area contributed by atoms with Crippen LogP contribution in [-0.4, -0.2) is 10.3 Å². The minimum Gasteiger partial charge on any atom is -0.346 e. The van der Waals surface area contributed by atoms with Gasteiger partial charge in [0.15, 0.2) is 0 Å². The third-order valence-electron chi connectivity index (χ3n) is 10.3. The Labute approximate surface area is 267 Å². The summed E-state index contributed by atoms with van der Waals surface area (Å²) in [5, 5.41) is 11.5. The zero-order valence-corrected chi connectivity index (χ0v) is 25.8. The van der Waals surface area contributed by atoms with Crippen LogP contribution in [0.3, 0.4) is 0 Å². The SMILES string of the molecule is CC1(C)c2ccccc2-c2c1c1c(c3ccccc23)c2ccccc2n1C1N=C(c2ccc3ccccc3c2)c2ccccc2N1. The van der Waals surface area contributed by atoms with Gasteiger partial charge in [-0.3, -0.25) is 0 Å². The Bertz CT molecular complexity index is 2600. The van der Waals surface area contributed by atoms with E-state index in [4.69, 9.17) is 4.99 Å². The van der Waals surface area contributed by atoms with Crippen LogP contribution in [-0.2, 0) is 5.41 Å². The molecule has 0 bridgehead atoms. The minimum atomic E-state index is -0.344. The van der Waals surface area contributed by atoms with Crippen molar-refractivity contribution in [1.29, 1.82) is 0 Å². The summed E-state index contributed by atoms with van der Waals surface area (Å²) >= 11 is 0. The van der Waals surface area contributed by atoms with Gasteiger partial charge in [-0.25, -0.2) is 4.99 Å². The molecule has 0 saturated heterocycles. The van der Waals surface area contributed by atoms with Crippen molar-refractivity contribution in [2.45, 2.75) is 25.6 Å². The van der Waals surface area contributed by atoms with Gasteiger partial charge in [0.25, 0.3) is 0 Å². The van der Waals surface area contributed by atoms with Crippen molar-refractivity contribution >= 4 is 54.7 Å². The van der Waals surface area contributed by atoms with Crippen LogP contribution in [0.15, 0.2) is 145 Å². The first kappa shape index (κ1) is 25.6. The number of fused-ring (bicyclic) bond motifs is 12. The Morgan fingerprint density at radius 2 is 1.30 bits per heavy atom. The van der Waals surface area contributed by atoms with Gasteiger partial charge in [0.1, 0.15) is 0 Å². The summed E-state index contributed by atoms with van der Waals surface area (Å²) in [6.45, 7) is 4.78. The van der Waals surface area contributed by atoms with Crippen LogP contribution in [0.5, 0.6) is 0 Å². The first-order valence-electron chi connectivity index (χ1n) is 16.1. The van der Waals surface area contributed by atoms with E-state index < -0.39 is 0 Å². The summed E-state index contributed by atoms with van der Waals surface area (Å²) in [6.07, 6.45) is -0.344. The fourth-order valence-electron chi connectivity index (χ4n) is 8.34. The maximum absolute atomic E-state index is 5.61.